The van der Waals surface area contributed by atoms with Crippen molar-refractivity contribution in [2.24, 2.45) is 10.8 Å². The monoisotopic (exact) mass is 509 g/mol. The number of hydrogen-bond acceptors (Lipinski definition) is 7. The number of ether oxygens (including phenoxy) is 1. The van der Waals surface area contributed by atoms with Crippen molar-refractivity contribution in [1.82, 2.24) is 10.1 Å². The number of rotatable bonds is 11. The summed E-state index contributed by atoms with van der Waals surface area (Å²) in [7, 11) is -3.94. The summed E-state index contributed by atoms with van der Waals surface area (Å²) >= 11 is 0. The van der Waals surface area contributed by atoms with Crippen LogP contribution in [-0.4, -0.2) is 39.3 Å². The van der Waals surface area contributed by atoms with E-state index in [0.717, 1.165) is 0 Å². The molecule has 0 radical (unpaired) electrons. The number of hydrazine groups is 1. The van der Waals surface area contributed by atoms with E-state index in [9.17, 15) is 18.0 Å². The molecule has 0 aromatic heterocycles. The number of nitrogens with zero attached hydrogens (tertiary/aromatic N) is 1. The van der Waals surface area contributed by atoms with Gasteiger partial charge in [-0.1, -0.05) is 36.4 Å². The molecule has 0 fully saturated rings. The Balaban J connectivity index is 1.71. The summed E-state index contributed by atoms with van der Waals surface area (Å²) in [5, 5.41) is 2.79. The molecule has 36 heavy (non-hydrogen) atoms. The standard InChI is InChI=1S/C25H27N5O5S/c1-2-35-25(32)23(30-36(33,34)22-9-4-3-5-10-22)15-18-11-13-20(14-12-18)29-24(31)19-7-6-8-21(16-19)27-17-28-26/h3-14,16-17,23,30H,2,15,26H2,1H3,(H,27,28)(H,29,31)/t23-/m0/s1. The van der Waals surface area contributed by atoms with Gasteiger partial charge in [0.2, 0.25) is 10.0 Å². The highest BCUT2D eigenvalue weighted by Gasteiger charge is 2.27. The number of anilines is 1. The minimum atomic E-state index is -3.94. The van der Waals surface area contributed by atoms with E-state index in [0.29, 0.717) is 22.5 Å². The van der Waals surface area contributed by atoms with E-state index in [1.807, 2.05) is 0 Å². The molecule has 0 aliphatic heterocycles. The molecule has 0 aliphatic carbocycles. The highest BCUT2D eigenvalue weighted by molar-refractivity contribution is 7.89. The first kappa shape index (κ1) is 26.5. The molecule has 5 N–H and O–H groups in total. The average molecular weight is 510 g/mol. The van der Waals surface area contributed by atoms with Crippen LogP contribution in [0.15, 0.2) is 88.8 Å². The molecule has 0 saturated heterocycles. The Morgan fingerprint density at radius 1 is 1.03 bits per heavy atom. The van der Waals surface area contributed by atoms with Gasteiger partial charge in [-0.25, -0.2) is 19.3 Å². The molecule has 0 spiro atoms. The molecule has 188 valence electrons. The fraction of sp³-hybridized carbons (Fsp3) is 0.160. The quantitative estimate of drug-likeness (QED) is 0.102. The van der Waals surface area contributed by atoms with Crippen LogP contribution >= 0.6 is 0 Å². The number of benzene rings is 3. The highest BCUT2D eigenvalue weighted by Crippen LogP contribution is 2.17. The van der Waals surface area contributed by atoms with E-state index in [1.54, 1.807) is 73.7 Å². The second-order valence-electron chi connectivity index (χ2n) is 7.57. The van der Waals surface area contributed by atoms with Crippen LogP contribution in [0.4, 0.5) is 11.4 Å². The topological polar surface area (TPSA) is 152 Å². The van der Waals surface area contributed by atoms with Gasteiger partial charge < -0.3 is 15.5 Å². The summed E-state index contributed by atoms with van der Waals surface area (Å²) in [4.78, 5) is 29.2. The van der Waals surface area contributed by atoms with E-state index >= 15 is 0 Å². The summed E-state index contributed by atoms with van der Waals surface area (Å²) in [6.45, 7) is 1.76. The summed E-state index contributed by atoms with van der Waals surface area (Å²) in [5.74, 6) is 4.16. The molecule has 1 atom stereocenters. The van der Waals surface area contributed by atoms with Gasteiger partial charge in [-0.3, -0.25) is 9.59 Å². The van der Waals surface area contributed by atoms with Crippen LogP contribution in [-0.2, 0) is 26.0 Å². The SMILES string of the molecule is CCOC(=O)[C@H](Cc1ccc(NC(=O)c2cccc(N=CNN)c2)cc1)NS(=O)(=O)c1ccccc1. The van der Waals surface area contributed by atoms with Crippen molar-refractivity contribution in [2.75, 3.05) is 11.9 Å². The summed E-state index contributed by atoms with van der Waals surface area (Å²) in [5.41, 5.74) is 4.46. The third-order valence-electron chi connectivity index (χ3n) is 4.97. The van der Waals surface area contributed by atoms with Crippen LogP contribution in [0, 0.1) is 0 Å². The van der Waals surface area contributed by atoms with Crippen LogP contribution in [0.2, 0.25) is 0 Å². The highest BCUT2D eigenvalue weighted by atomic mass is 32.2. The Labute approximate surface area is 209 Å². The van der Waals surface area contributed by atoms with Crippen LogP contribution in [0.3, 0.4) is 0 Å². The number of aliphatic imine (C=N–C) groups is 1. The molecule has 11 heteroatoms. The van der Waals surface area contributed by atoms with Crippen LogP contribution < -0.4 is 21.3 Å². The van der Waals surface area contributed by atoms with Crippen LogP contribution in [0.25, 0.3) is 0 Å². The lowest BCUT2D eigenvalue weighted by Crippen LogP contribution is -2.43. The molecular formula is C25H27N5O5S. The average Bonchev–Trinajstić information content (AvgIpc) is 2.89. The number of carbonyl (C=O) groups excluding carboxylic acids is 2. The maximum atomic E-state index is 12.7. The molecular weight excluding hydrogens is 482 g/mol. The summed E-state index contributed by atoms with van der Waals surface area (Å²) in [6, 6.07) is 20.1. The summed E-state index contributed by atoms with van der Waals surface area (Å²) in [6.07, 6.45) is 1.37. The molecule has 0 bridgehead atoms. The molecule has 0 saturated carbocycles. The lowest BCUT2D eigenvalue weighted by atomic mass is 10.1. The number of esters is 1. The van der Waals surface area contributed by atoms with Gasteiger partial charge in [-0.15, -0.1) is 0 Å². The van der Waals surface area contributed by atoms with Crippen molar-refractivity contribution in [1.29, 1.82) is 0 Å². The Bertz CT molecular complexity index is 1310. The normalized spacial score (nSPS) is 12.2. The Kier molecular flexibility index (Phi) is 9.28. The van der Waals surface area contributed by atoms with Gasteiger partial charge in [0.15, 0.2) is 0 Å². The van der Waals surface area contributed by atoms with Crippen LogP contribution in [0.5, 0.6) is 0 Å². The van der Waals surface area contributed by atoms with E-state index in [-0.39, 0.29) is 23.8 Å². The van der Waals surface area contributed by atoms with Crippen molar-refractivity contribution in [3.8, 4) is 0 Å². The van der Waals surface area contributed by atoms with Gasteiger partial charge in [-0.05, 0) is 61.4 Å². The minimum absolute atomic E-state index is 0.0476. The summed E-state index contributed by atoms with van der Waals surface area (Å²) < 4.78 is 33.0. The van der Waals surface area contributed by atoms with Crippen LogP contribution in [0.1, 0.15) is 22.8 Å². The van der Waals surface area contributed by atoms with Crippen molar-refractivity contribution < 1.29 is 22.7 Å². The van der Waals surface area contributed by atoms with E-state index in [4.69, 9.17) is 10.6 Å². The largest absolute Gasteiger partial charge is 0.465 e. The van der Waals surface area contributed by atoms with Crippen molar-refractivity contribution in [2.45, 2.75) is 24.3 Å². The Morgan fingerprint density at radius 2 is 1.75 bits per heavy atom. The molecule has 3 aromatic rings. The molecule has 0 aliphatic rings. The fourth-order valence-electron chi connectivity index (χ4n) is 3.27. The maximum Gasteiger partial charge on any atom is 0.324 e. The number of amides is 1. The van der Waals surface area contributed by atoms with Gasteiger partial charge in [0, 0.05) is 11.3 Å². The third-order valence-corrected chi connectivity index (χ3v) is 6.46. The van der Waals surface area contributed by atoms with Gasteiger partial charge in [-0.2, -0.15) is 4.72 Å². The van der Waals surface area contributed by atoms with Gasteiger partial charge in [0.05, 0.1) is 17.2 Å². The molecule has 10 nitrogen and oxygen atoms in total. The predicted molar refractivity (Wildman–Crippen MR) is 137 cm³/mol. The van der Waals surface area contributed by atoms with E-state index in [1.165, 1.54) is 18.5 Å². The van der Waals surface area contributed by atoms with E-state index < -0.39 is 22.0 Å². The Hall–Kier alpha value is -4.06. The van der Waals surface area contributed by atoms with E-state index in [2.05, 4.69) is 20.5 Å². The van der Waals surface area contributed by atoms with Crippen molar-refractivity contribution >= 4 is 39.6 Å². The fourth-order valence-corrected chi connectivity index (χ4v) is 4.48. The number of nitrogens with one attached hydrogen (secondary N) is 3. The first-order valence-corrected chi connectivity index (χ1v) is 12.5. The van der Waals surface area contributed by atoms with Gasteiger partial charge >= 0.3 is 5.97 Å². The zero-order valence-electron chi connectivity index (χ0n) is 19.5. The molecule has 0 unspecified atom stereocenters. The minimum Gasteiger partial charge on any atom is -0.465 e. The van der Waals surface area contributed by atoms with Crippen molar-refractivity contribution in [3.05, 3.63) is 90.0 Å². The molecule has 3 rings (SSSR count). The second-order valence-corrected chi connectivity index (χ2v) is 9.28. The maximum absolute atomic E-state index is 12.7. The molecule has 3 aromatic carbocycles. The molecule has 0 heterocycles. The number of sulfonamides is 1. The number of carbonyl (C=O) groups is 2. The van der Waals surface area contributed by atoms with Crippen molar-refractivity contribution in [3.63, 3.8) is 0 Å². The lowest BCUT2D eigenvalue weighted by molar-refractivity contribution is -0.145. The predicted octanol–water partition coefficient (Wildman–Crippen LogP) is 2.51. The number of hydrogen-bond donors (Lipinski definition) is 4. The second kappa shape index (κ2) is 12.6. The Morgan fingerprint density at radius 3 is 2.42 bits per heavy atom. The first-order valence-electron chi connectivity index (χ1n) is 11.1. The number of nitrogens with two attached hydrogens (primary N) is 1. The first-order chi connectivity index (χ1) is 17.3. The lowest BCUT2D eigenvalue weighted by Gasteiger charge is -2.18. The zero-order chi connectivity index (χ0) is 26.0. The van der Waals surface area contributed by atoms with Gasteiger partial charge in [0.1, 0.15) is 12.4 Å². The smallest absolute Gasteiger partial charge is 0.324 e. The third kappa shape index (κ3) is 7.47. The molecule has 1 amide bonds. The zero-order valence-corrected chi connectivity index (χ0v) is 20.4. The van der Waals surface area contributed by atoms with Gasteiger partial charge in [0.25, 0.3) is 5.91 Å².